The Labute approximate surface area is 131 Å². The summed E-state index contributed by atoms with van der Waals surface area (Å²) >= 11 is 0. The molecule has 0 spiro atoms. The molecule has 0 aromatic heterocycles. The van der Waals surface area contributed by atoms with Gasteiger partial charge in [0.2, 0.25) is 11.8 Å². The number of nitrogens with two attached hydrogens (primary N) is 1. The molecule has 2 amide bonds. The van der Waals surface area contributed by atoms with Gasteiger partial charge in [0.25, 0.3) is 0 Å². The van der Waals surface area contributed by atoms with Gasteiger partial charge in [-0.25, -0.2) is 0 Å². The van der Waals surface area contributed by atoms with Crippen molar-refractivity contribution in [2.75, 3.05) is 0 Å². The van der Waals surface area contributed by atoms with Gasteiger partial charge in [-0.05, 0) is 42.9 Å². The number of carbonyl (C=O) groups excluding carboxylic acids is 2. The van der Waals surface area contributed by atoms with Gasteiger partial charge in [-0.1, -0.05) is 32.0 Å². The van der Waals surface area contributed by atoms with Crippen LogP contribution in [-0.2, 0) is 16.0 Å². The molecule has 0 radical (unpaired) electrons. The van der Waals surface area contributed by atoms with Crippen LogP contribution in [0.25, 0.3) is 0 Å². The van der Waals surface area contributed by atoms with E-state index in [4.69, 9.17) is 5.73 Å². The maximum absolute atomic E-state index is 11.9. The Morgan fingerprint density at radius 1 is 1.23 bits per heavy atom. The van der Waals surface area contributed by atoms with Crippen molar-refractivity contribution in [1.82, 2.24) is 5.32 Å². The van der Waals surface area contributed by atoms with Crippen molar-refractivity contribution in [2.45, 2.75) is 52.7 Å². The molecular weight excluding hydrogens is 280 g/mol. The van der Waals surface area contributed by atoms with Gasteiger partial charge in [-0.2, -0.15) is 0 Å². The van der Waals surface area contributed by atoms with Crippen LogP contribution in [-0.4, -0.2) is 29.1 Å². The van der Waals surface area contributed by atoms with E-state index in [-0.39, 0.29) is 5.92 Å². The Balaban J connectivity index is 2.75. The van der Waals surface area contributed by atoms with Crippen molar-refractivity contribution in [3.8, 4) is 0 Å². The molecule has 1 aromatic carbocycles. The maximum Gasteiger partial charge on any atom is 0.249 e. The van der Waals surface area contributed by atoms with Crippen molar-refractivity contribution >= 4 is 11.8 Å². The summed E-state index contributed by atoms with van der Waals surface area (Å²) in [6.45, 7) is 7.83. The van der Waals surface area contributed by atoms with Gasteiger partial charge in [-0.3, -0.25) is 9.59 Å². The highest BCUT2D eigenvalue weighted by atomic mass is 16.3. The topological polar surface area (TPSA) is 92.4 Å². The van der Waals surface area contributed by atoms with Crippen molar-refractivity contribution in [3.05, 3.63) is 34.9 Å². The van der Waals surface area contributed by atoms with Crippen LogP contribution in [0.4, 0.5) is 0 Å². The Kier molecular flexibility index (Phi) is 6.56. The van der Waals surface area contributed by atoms with Crippen LogP contribution in [0, 0.1) is 19.8 Å². The van der Waals surface area contributed by atoms with Crippen LogP contribution in [0.15, 0.2) is 18.2 Å². The second-order valence-electron chi connectivity index (χ2n) is 6.23. The first-order valence-electron chi connectivity index (χ1n) is 7.54. The van der Waals surface area contributed by atoms with E-state index in [2.05, 4.69) is 5.32 Å². The summed E-state index contributed by atoms with van der Waals surface area (Å²) in [5.74, 6) is -0.975. The number of hydrogen-bond acceptors (Lipinski definition) is 3. The van der Waals surface area contributed by atoms with E-state index in [0.717, 1.165) is 16.7 Å². The monoisotopic (exact) mass is 306 g/mol. The standard InChI is InChI=1S/C17H26N2O3/c1-10(2)7-15(20)17(22)19-14(16(18)21)9-13-6-5-11(3)12(4)8-13/h5-6,8,10,14-15,20H,7,9H2,1-4H3,(H2,18,21)(H,19,22)/t14-,15-/m0/s1. The molecule has 0 saturated carbocycles. The van der Waals surface area contributed by atoms with Crippen LogP contribution in [0.1, 0.15) is 37.0 Å². The largest absolute Gasteiger partial charge is 0.383 e. The fraction of sp³-hybridized carbons (Fsp3) is 0.529. The number of benzene rings is 1. The predicted molar refractivity (Wildman–Crippen MR) is 86.2 cm³/mol. The lowest BCUT2D eigenvalue weighted by Crippen LogP contribution is -2.49. The third-order valence-electron chi connectivity index (χ3n) is 3.67. The first-order valence-corrected chi connectivity index (χ1v) is 7.54. The highest BCUT2D eigenvalue weighted by molar-refractivity contribution is 5.88. The summed E-state index contributed by atoms with van der Waals surface area (Å²) in [5.41, 5.74) is 8.57. The van der Waals surface area contributed by atoms with E-state index >= 15 is 0 Å². The lowest BCUT2D eigenvalue weighted by molar-refractivity contribution is -0.133. The zero-order chi connectivity index (χ0) is 16.9. The fourth-order valence-corrected chi connectivity index (χ4v) is 2.21. The molecule has 1 aromatic rings. The molecule has 22 heavy (non-hydrogen) atoms. The lowest BCUT2D eigenvalue weighted by atomic mass is 10.00. The molecule has 1 rings (SSSR count). The fourth-order valence-electron chi connectivity index (χ4n) is 2.21. The SMILES string of the molecule is Cc1ccc(C[C@H](NC(=O)[C@@H](O)CC(C)C)C(N)=O)cc1C. The zero-order valence-corrected chi connectivity index (χ0v) is 13.7. The molecule has 122 valence electrons. The van der Waals surface area contributed by atoms with Gasteiger partial charge in [-0.15, -0.1) is 0 Å². The zero-order valence-electron chi connectivity index (χ0n) is 13.7. The van der Waals surface area contributed by atoms with Crippen LogP contribution in [0.5, 0.6) is 0 Å². The summed E-state index contributed by atoms with van der Waals surface area (Å²) in [7, 11) is 0. The number of amides is 2. The average molecular weight is 306 g/mol. The summed E-state index contributed by atoms with van der Waals surface area (Å²) < 4.78 is 0. The normalized spacial score (nSPS) is 13.7. The smallest absolute Gasteiger partial charge is 0.249 e. The maximum atomic E-state index is 11.9. The van der Waals surface area contributed by atoms with Crippen LogP contribution in [0.3, 0.4) is 0 Å². The number of aliphatic hydroxyl groups is 1. The van der Waals surface area contributed by atoms with Gasteiger partial charge in [0, 0.05) is 6.42 Å². The van der Waals surface area contributed by atoms with E-state index in [0.29, 0.717) is 12.8 Å². The molecule has 2 atom stereocenters. The third-order valence-corrected chi connectivity index (χ3v) is 3.67. The summed E-state index contributed by atoms with van der Waals surface area (Å²) in [5, 5.41) is 12.3. The van der Waals surface area contributed by atoms with E-state index < -0.39 is 24.0 Å². The van der Waals surface area contributed by atoms with Gasteiger partial charge < -0.3 is 16.2 Å². The molecule has 0 fully saturated rings. The van der Waals surface area contributed by atoms with E-state index in [1.54, 1.807) is 0 Å². The van der Waals surface area contributed by atoms with E-state index in [1.165, 1.54) is 0 Å². The number of nitrogens with one attached hydrogen (secondary N) is 1. The Hall–Kier alpha value is -1.88. The highest BCUT2D eigenvalue weighted by Gasteiger charge is 2.23. The number of aryl methyl sites for hydroxylation is 2. The molecule has 0 heterocycles. The Morgan fingerprint density at radius 2 is 1.86 bits per heavy atom. The number of carbonyl (C=O) groups is 2. The van der Waals surface area contributed by atoms with Crippen molar-refractivity contribution in [2.24, 2.45) is 11.7 Å². The Morgan fingerprint density at radius 3 is 2.36 bits per heavy atom. The Bertz CT molecular complexity index is 541. The molecule has 4 N–H and O–H groups in total. The number of aliphatic hydroxyl groups excluding tert-OH is 1. The minimum Gasteiger partial charge on any atom is -0.383 e. The first-order chi connectivity index (χ1) is 10.2. The van der Waals surface area contributed by atoms with E-state index in [9.17, 15) is 14.7 Å². The first kappa shape index (κ1) is 18.2. The van der Waals surface area contributed by atoms with Gasteiger partial charge in [0.05, 0.1) is 0 Å². The summed E-state index contributed by atoms with van der Waals surface area (Å²) in [6, 6.07) is 5.03. The molecular formula is C17H26N2O3. The molecule has 0 unspecified atom stereocenters. The van der Waals surface area contributed by atoms with Gasteiger partial charge in [0.1, 0.15) is 12.1 Å². The number of primary amides is 1. The summed E-state index contributed by atoms with van der Waals surface area (Å²) in [6.07, 6.45) is -0.459. The molecule has 5 heteroatoms. The van der Waals surface area contributed by atoms with Crippen LogP contribution < -0.4 is 11.1 Å². The lowest BCUT2D eigenvalue weighted by Gasteiger charge is -2.19. The number of hydrogen-bond donors (Lipinski definition) is 3. The molecule has 0 aliphatic carbocycles. The third kappa shape index (κ3) is 5.48. The average Bonchev–Trinajstić information content (AvgIpc) is 2.41. The highest BCUT2D eigenvalue weighted by Crippen LogP contribution is 2.12. The molecule has 0 bridgehead atoms. The summed E-state index contributed by atoms with van der Waals surface area (Å²) in [4.78, 5) is 23.5. The quantitative estimate of drug-likeness (QED) is 0.707. The second kappa shape index (κ2) is 7.94. The predicted octanol–water partition coefficient (Wildman–Crippen LogP) is 1.22. The molecule has 0 aliphatic heterocycles. The molecule has 0 saturated heterocycles. The van der Waals surface area contributed by atoms with Crippen LogP contribution in [0.2, 0.25) is 0 Å². The van der Waals surface area contributed by atoms with Gasteiger partial charge in [0.15, 0.2) is 0 Å². The van der Waals surface area contributed by atoms with Gasteiger partial charge >= 0.3 is 0 Å². The molecule has 5 nitrogen and oxygen atoms in total. The van der Waals surface area contributed by atoms with Crippen molar-refractivity contribution < 1.29 is 14.7 Å². The van der Waals surface area contributed by atoms with Crippen molar-refractivity contribution in [3.63, 3.8) is 0 Å². The minimum atomic E-state index is -1.12. The van der Waals surface area contributed by atoms with E-state index in [1.807, 2.05) is 45.9 Å². The minimum absolute atomic E-state index is 0.188. The molecule has 0 aliphatic rings. The second-order valence-corrected chi connectivity index (χ2v) is 6.23. The number of rotatable bonds is 7. The van der Waals surface area contributed by atoms with Crippen LogP contribution >= 0.6 is 0 Å². The van der Waals surface area contributed by atoms with Crippen molar-refractivity contribution in [1.29, 1.82) is 0 Å².